The van der Waals surface area contributed by atoms with Crippen molar-refractivity contribution in [2.45, 2.75) is 0 Å². The van der Waals surface area contributed by atoms with Gasteiger partial charge in [-0.25, -0.2) is 0 Å². The third kappa shape index (κ3) is 3.96. The van der Waals surface area contributed by atoms with Gasteiger partial charge in [-0.2, -0.15) is 0 Å². The molecule has 0 spiro atoms. The molecule has 19 heavy (non-hydrogen) atoms. The van der Waals surface area contributed by atoms with Gasteiger partial charge >= 0.3 is 0 Å². The summed E-state index contributed by atoms with van der Waals surface area (Å²) in [7, 11) is 1.62. The minimum Gasteiger partial charge on any atom is -0.497 e. The van der Waals surface area contributed by atoms with Crippen LogP contribution in [0.4, 0.5) is 5.69 Å². The molecule has 2 rings (SSSR count). The Morgan fingerprint density at radius 1 is 1.16 bits per heavy atom. The largest absolute Gasteiger partial charge is 0.497 e. The summed E-state index contributed by atoms with van der Waals surface area (Å²) in [6.45, 7) is 0. The molecule has 0 radical (unpaired) electrons. The van der Waals surface area contributed by atoms with Crippen molar-refractivity contribution in [3.8, 4) is 5.75 Å². The van der Waals surface area contributed by atoms with Gasteiger partial charge in [0.05, 0.1) is 7.11 Å². The van der Waals surface area contributed by atoms with E-state index in [0.29, 0.717) is 0 Å². The molecule has 96 valence electrons. The molecule has 1 aromatic heterocycles. The number of ether oxygens (including phenoxy) is 1. The smallest absolute Gasteiger partial charge is 0.248 e. The Labute approximate surface area is 111 Å². The van der Waals surface area contributed by atoms with Crippen LogP contribution < -0.4 is 10.1 Å². The van der Waals surface area contributed by atoms with Gasteiger partial charge in [0.1, 0.15) is 5.75 Å². The number of carbonyl (C=O) groups excluding carboxylic acids is 1. The lowest BCUT2D eigenvalue weighted by Crippen LogP contribution is -2.07. The molecule has 1 N–H and O–H groups in total. The minimum atomic E-state index is -0.179. The van der Waals surface area contributed by atoms with Crippen LogP contribution in [0.2, 0.25) is 0 Å². The minimum absolute atomic E-state index is 0.179. The molecule has 0 saturated carbocycles. The van der Waals surface area contributed by atoms with Gasteiger partial charge in [-0.3, -0.25) is 9.78 Å². The lowest BCUT2D eigenvalue weighted by molar-refractivity contribution is -0.111. The van der Waals surface area contributed by atoms with Crippen LogP contribution in [-0.4, -0.2) is 18.0 Å². The molecule has 0 fully saturated rings. The first-order valence-electron chi connectivity index (χ1n) is 5.81. The predicted octanol–water partition coefficient (Wildman–Crippen LogP) is 2.74. The first-order chi connectivity index (χ1) is 9.28. The van der Waals surface area contributed by atoms with E-state index in [1.165, 1.54) is 6.08 Å². The Morgan fingerprint density at radius 2 is 1.84 bits per heavy atom. The van der Waals surface area contributed by atoms with E-state index < -0.39 is 0 Å². The predicted molar refractivity (Wildman–Crippen MR) is 74.9 cm³/mol. The Morgan fingerprint density at radius 3 is 2.47 bits per heavy atom. The molecule has 0 saturated heterocycles. The SMILES string of the molecule is COc1ccc(/C=C\C(=O)Nc2ccncc2)cc1. The Hall–Kier alpha value is -2.62. The van der Waals surface area contributed by atoms with Crippen LogP contribution in [0.3, 0.4) is 0 Å². The number of hydrogen-bond acceptors (Lipinski definition) is 3. The highest BCUT2D eigenvalue weighted by Gasteiger charge is 1.97. The number of rotatable bonds is 4. The molecule has 4 heteroatoms. The monoisotopic (exact) mass is 254 g/mol. The van der Waals surface area contributed by atoms with Crippen LogP contribution >= 0.6 is 0 Å². The van der Waals surface area contributed by atoms with Crippen LogP contribution in [-0.2, 0) is 4.79 Å². The zero-order chi connectivity index (χ0) is 13.5. The molecular formula is C15H14N2O2. The molecule has 0 atom stereocenters. The second kappa shape index (κ2) is 6.35. The van der Waals surface area contributed by atoms with Gasteiger partial charge in [0, 0.05) is 24.2 Å². The Kier molecular flexibility index (Phi) is 4.29. The molecule has 4 nitrogen and oxygen atoms in total. The highest BCUT2D eigenvalue weighted by molar-refractivity contribution is 6.01. The number of carbonyl (C=O) groups is 1. The van der Waals surface area contributed by atoms with Crippen molar-refractivity contribution in [2.24, 2.45) is 0 Å². The second-order valence-corrected chi connectivity index (χ2v) is 3.83. The average Bonchev–Trinajstić information content (AvgIpc) is 2.47. The lowest BCUT2D eigenvalue weighted by Gasteiger charge is -2.01. The maximum Gasteiger partial charge on any atom is 0.248 e. The fourth-order valence-electron chi connectivity index (χ4n) is 1.51. The molecule has 0 bridgehead atoms. The molecule has 0 aliphatic carbocycles. The maximum absolute atomic E-state index is 11.7. The quantitative estimate of drug-likeness (QED) is 0.853. The van der Waals surface area contributed by atoms with Crippen LogP contribution in [0, 0.1) is 0 Å². The van der Waals surface area contributed by atoms with Gasteiger partial charge in [-0.15, -0.1) is 0 Å². The first kappa shape index (κ1) is 12.8. The van der Waals surface area contributed by atoms with Crippen molar-refractivity contribution in [2.75, 3.05) is 12.4 Å². The van der Waals surface area contributed by atoms with E-state index >= 15 is 0 Å². The van der Waals surface area contributed by atoms with E-state index in [4.69, 9.17) is 4.74 Å². The van der Waals surface area contributed by atoms with E-state index in [9.17, 15) is 4.79 Å². The normalized spacial score (nSPS) is 10.4. The highest BCUT2D eigenvalue weighted by atomic mass is 16.5. The Balaban J connectivity index is 1.96. The number of anilines is 1. The fraction of sp³-hybridized carbons (Fsp3) is 0.0667. The van der Waals surface area contributed by atoms with Gasteiger partial charge in [0.15, 0.2) is 0 Å². The summed E-state index contributed by atoms with van der Waals surface area (Å²) in [5, 5.41) is 2.74. The standard InChI is InChI=1S/C15H14N2O2/c1-19-14-5-2-12(3-6-14)4-7-15(18)17-13-8-10-16-11-9-13/h2-11H,1H3,(H,16,17,18)/b7-4-. The zero-order valence-electron chi connectivity index (χ0n) is 10.5. The van der Waals surface area contributed by atoms with Crippen LogP contribution in [0.15, 0.2) is 54.9 Å². The van der Waals surface area contributed by atoms with Crippen molar-refractivity contribution in [1.82, 2.24) is 4.98 Å². The van der Waals surface area contributed by atoms with Crippen LogP contribution in [0.25, 0.3) is 6.08 Å². The zero-order valence-corrected chi connectivity index (χ0v) is 10.5. The first-order valence-corrected chi connectivity index (χ1v) is 5.81. The van der Waals surface area contributed by atoms with Gasteiger partial charge in [-0.1, -0.05) is 12.1 Å². The van der Waals surface area contributed by atoms with Gasteiger partial charge < -0.3 is 10.1 Å². The number of nitrogens with zero attached hydrogens (tertiary/aromatic N) is 1. The highest BCUT2D eigenvalue weighted by Crippen LogP contribution is 2.12. The number of aromatic nitrogens is 1. The summed E-state index contributed by atoms with van der Waals surface area (Å²) in [6, 6.07) is 10.9. The fourth-order valence-corrected chi connectivity index (χ4v) is 1.51. The summed E-state index contributed by atoms with van der Waals surface area (Å²) in [4.78, 5) is 15.5. The van der Waals surface area contributed by atoms with Gasteiger partial charge in [0.2, 0.25) is 5.91 Å². The van der Waals surface area contributed by atoms with Crippen molar-refractivity contribution in [1.29, 1.82) is 0 Å². The molecule has 1 heterocycles. The van der Waals surface area contributed by atoms with Crippen LogP contribution in [0.5, 0.6) is 5.75 Å². The number of benzene rings is 1. The molecule has 2 aromatic rings. The van der Waals surface area contributed by atoms with E-state index in [-0.39, 0.29) is 5.91 Å². The van der Waals surface area contributed by atoms with E-state index in [2.05, 4.69) is 10.3 Å². The topological polar surface area (TPSA) is 51.2 Å². The van der Waals surface area contributed by atoms with Crippen molar-refractivity contribution >= 4 is 17.7 Å². The number of amides is 1. The second-order valence-electron chi connectivity index (χ2n) is 3.83. The molecule has 1 aromatic carbocycles. The summed E-state index contributed by atoms with van der Waals surface area (Å²) < 4.78 is 5.06. The summed E-state index contributed by atoms with van der Waals surface area (Å²) in [5.41, 5.74) is 1.66. The van der Waals surface area contributed by atoms with E-state index in [0.717, 1.165) is 17.0 Å². The maximum atomic E-state index is 11.7. The number of methoxy groups -OCH3 is 1. The van der Waals surface area contributed by atoms with Crippen molar-refractivity contribution in [3.05, 3.63) is 60.4 Å². The van der Waals surface area contributed by atoms with Gasteiger partial charge in [0.25, 0.3) is 0 Å². The summed E-state index contributed by atoms with van der Waals surface area (Å²) in [6.07, 6.45) is 6.49. The van der Waals surface area contributed by atoms with E-state index in [1.54, 1.807) is 37.7 Å². The molecule has 0 aliphatic rings. The third-order valence-corrected chi connectivity index (χ3v) is 2.49. The molecule has 1 amide bonds. The molecular weight excluding hydrogens is 240 g/mol. The van der Waals surface area contributed by atoms with Crippen LogP contribution in [0.1, 0.15) is 5.56 Å². The van der Waals surface area contributed by atoms with Crippen molar-refractivity contribution in [3.63, 3.8) is 0 Å². The van der Waals surface area contributed by atoms with Gasteiger partial charge in [-0.05, 0) is 35.9 Å². The summed E-state index contributed by atoms with van der Waals surface area (Å²) in [5.74, 6) is 0.611. The lowest BCUT2D eigenvalue weighted by atomic mass is 10.2. The summed E-state index contributed by atoms with van der Waals surface area (Å²) >= 11 is 0. The Bertz CT molecular complexity index is 562. The van der Waals surface area contributed by atoms with E-state index in [1.807, 2.05) is 24.3 Å². The van der Waals surface area contributed by atoms with Crippen molar-refractivity contribution < 1.29 is 9.53 Å². The average molecular weight is 254 g/mol. The third-order valence-electron chi connectivity index (χ3n) is 2.49. The molecule has 0 unspecified atom stereocenters. The number of pyridine rings is 1. The number of nitrogens with one attached hydrogen (secondary N) is 1. The number of hydrogen-bond donors (Lipinski definition) is 1. The molecule has 0 aliphatic heterocycles.